The second-order valence-corrected chi connectivity index (χ2v) is 5.92. The highest BCUT2D eigenvalue weighted by Crippen LogP contribution is 2.39. The van der Waals surface area contributed by atoms with Gasteiger partial charge in [-0.3, -0.25) is 9.59 Å². The summed E-state index contributed by atoms with van der Waals surface area (Å²) in [5, 5.41) is 11.2. The summed E-state index contributed by atoms with van der Waals surface area (Å²) in [6.07, 6.45) is -0.149. The van der Waals surface area contributed by atoms with Crippen molar-refractivity contribution >= 4 is 27.6 Å². The lowest BCUT2D eigenvalue weighted by atomic mass is 10.0. The van der Waals surface area contributed by atoms with Crippen LogP contribution in [0.25, 0.3) is 21.8 Å². The molecule has 2 heterocycles. The van der Waals surface area contributed by atoms with Gasteiger partial charge in [-0.15, -0.1) is 0 Å². The molecule has 1 N–H and O–H groups in total. The number of benzene rings is 2. The van der Waals surface area contributed by atoms with Gasteiger partial charge in [0.05, 0.1) is 16.4 Å². The number of aryl methyl sites for hydroxylation is 1. The lowest BCUT2D eigenvalue weighted by molar-refractivity contribution is -0.122. The number of para-hydroxylation sites is 1. The van der Waals surface area contributed by atoms with Crippen molar-refractivity contribution in [1.82, 2.24) is 4.57 Å². The Morgan fingerprint density at radius 3 is 2.83 bits per heavy atom. The number of pyridine rings is 1. The molecule has 1 aliphatic heterocycles. The van der Waals surface area contributed by atoms with Crippen LogP contribution in [-0.2, 0) is 18.3 Å². The standard InChI is InChI=1S/C18H15NO4/c1-9(20)14-7-11-15(23-14)8-13(21)16-17(11)19(2)12-6-4-3-5-10(12)18(16)22/h3-6,8,14,21H,7H2,1-2H3/t14-/m1/s1. The maximum Gasteiger partial charge on any atom is 0.200 e. The van der Waals surface area contributed by atoms with E-state index in [4.69, 9.17) is 4.74 Å². The fraction of sp³-hybridized carbons (Fsp3) is 0.222. The van der Waals surface area contributed by atoms with E-state index in [9.17, 15) is 14.7 Å². The number of ether oxygens (including phenoxy) is 1. The van der Waals surface area contributed by atoms with E-state index in [1.807, 2.05) is 23.7 Å². The lowest BCUT2D eigenvalue weighted by Crippen LogP contribution is -2.22. The van der Waals surface area contributed by atoms with E-state index in [0.29, 0.717) is 23.1 Å². The van der Waals surface area contributed by atoms with E-state index in [0.717, 1.165) is 11.1 Å². The Morgan fingerprint density at radius 2 is 2.09 bits per heavy atom. The first-order chi connectivity index (χ1) is 11.0. The second kappa shape index (κ2) is 4.59. The zero-order valence-corrected chi connectivity index (χ0v) is 12.8. The number of aromatic hydroxyl groups is 1. The number of hydrogen-bond donors (Lipinski definition) is 1. The highest BCUT2D eigenvalue weighted by molar-refractivity contribution is 5.99. The summed E-state index contributed by atoms with van der Waals surface area (Å²) in [6.45, 7) is 1.48. The minimum absolute atomic E-state index is 0.0698. The van der Waals surface area contributed by atoms with Crippen LogP contribution in [0.3, 0.4) is 0 Å². The summed E-state index contributed by atoms with van der Waals surface area (Å²) in [4.78, 5) is 24.4. The number of rotatable bonds is 1. The van der Waals surface area contributed by atoms with Gasteiger partial charge in [0.1, 0.15) is 11.5 Å². The van der Waals surface area contributed by atoms with Crippen molar-refractivity contribution in [1.29, 1.82) is 0 Å². The van der Waals surface area contributed by atoms with Crippen molar-refractivity contribution in [2.75, 3.05) is 0 Å². The Bertz CT molecular complexity index is 1050. The molecule has 4 rings (SSSR count). The van der Waals surface area contributed by atoms with Gasteiger partial charge >= 0.3 is 0 Å². The predicted octanol–water partition coefficient (Wildman–Crippen LogP) is 2.29. The Hall–Kier alpha value is -2.82. The average molecular weight is 309 g/mol. The van der Waals surface area contributed by atoms with Crippen molar-refractivity contribution in [3.63, 3.8) is 0 Å². The number of hydrogen-bond acceptors (Lipinski definition) is 4. The second-order valence-electron chi connectivity index (χ2n) is 5.92. The molecule has 1 atom stereocenters. The Morgan fingerprint density at radius 1 is 1.35 bits per heavy atom. The number of carbonyl (C=O) groups is 1. The van der Waals surface area contributed by atoms with E-state index >= 15 is 0 Å². The van der Waals surface area contributed by atoms with Crippen LogP contribution in [0.2, 0.25) is 0 Å². The SMILES string of the molecule is CC(=O)[C@H]1Cc2c(cc(O)c3c(=O)c4ccccc4n(C)c23)O1. The van der Waals surface area contributed by atoms with Gasteiger partial charge < -0.3 is 14.4 Å². The monoisotopic (exact) mass is 309 g/mol. The molecule has 1 aromatic heterocycles. The summed E-state index contributed by atoms with van der Waals surface area (Å²) in [5.41, 5.74) is 2.00. The number of phenols is 1. The van der Waals surface area contributed by atoms with Crippen molar-refractivity contribution in [3.8, 4) is 11.5 Å². The highest BCUT2D eigenvalue weighted by Gasteiger charge is 2.31. The molecule has 0 bridgehead atoms. The Labute approximate surface area is 131 Å². The third-order valence-corrected chi connectivity index (χ3v) is 4.53. The van der Waals surface area contributed by atoms with Crippen molar-refractivity contribution in [2.45, 2.75) is 19.4 Å². The van der Waals surface area contributed by atoms with Gasteiger partial charge in [-0.25, -0.2) is 0 Å². The minimum atomic E-state index is -0.559. The summed E-state index contributed by atoms with van der Waals surface area (Å²) in [5.74, 6) is 0.286. The van der Waals surface area contributed by atoms with Gasteiger partial charge in [-0.1, -0.05) is 12.1 Å². The summed E-state index contributed by atoms with van der Waals surface area (Å²) in [6, 6.07) is 8.72. The molecule has 5 nitrogen and oxygen atoms in total. The first-order valence-electron chi connectivity index (χ1n) is 7.42. The van der Waals surface area contributed by atoms with Crippen LogP contribution in [0, 0.1) is 0 Å². The molecule has 0 spiro atoms. The quantitative estimate of drug-likeness (QED) is 0.700. The number of Topliss-reactive ketones (excluding diaryl/α,β-unsaturated/α-hetero) is 1. The van der Waals surface area contributed by atoms with E-state index in [1.54, 1.807) is 12.1 Å². The van der Waals surface area contributed by atoms with E-state index in [-0.39, 0.29) is 22.3 Å². The number of phenolic OH excluding ortho intramolecular Hbond substituents is 1. The van der Waals surface area contributed by atoms with Crippen molar-refractivity contribution in [2.24, 2.45) is 7.05 Å². The highest BCUT2D eigenvalue weighted by atomic mass is 16.5. The third-order valence-electron chi connectivity index (χ3n) is 4.53. The largest absolute Gasteiger partial charge is 0.507 e. The molecular formula is C18H15NO4. The molecule has 116 valence electrons. The summed E-state index contributed by atoms with van der Waals surface area (Å²) < 4.78 is 7.52. The topological polar surface area (TPSA) is 68.5 Å². The smallest absolute Gasteiger partial charge is 0.200 e. The van der Waals surface area contributed by atoms with Crippen LogP contribution < -0.4 is 10.2 Å². The molecular weight excluding hydrogens is 294 g/mol. The Balaban J connectivity index is 2.19. The number of fused-ring (bicyclic) bond motifs is 4. The number of ketones is 1. The van der Waals surface area contributed by atoms with Crippen molar-refractivity contribution < 1.29 is 14.6 Å². The van der Waals surface area contributed by atoms with Gasteiger partial charge in [0.2, 0.25) is 5.43 Å². The molecule has 0 saturated heterocycles. The average Bonchev–Trinajstić information content (AvgIpc) is 2.95. The van der Waals surface area contributed by atoms with Gasteiger partial charge in [-0.2, -0.15) is 0 Å². The van der Waals surface area contributed by atoms with Gasteiger partial charge in [0.15, 0.2) is 11.9 Å². The van der Waals surface area contributed by atoms with Gasteiger partial charge in [-0.05, 0) is 19.1 Å². The summed E-state index contributed by atoms with van der Waals surface area (Å²) in [7, 11) is 1.85. The first-order valence-corrected chi connectivity index (χ1v) is 7.42. The fourth-order valence-electron chi connectivity index (χ4n) is 3.39. The molecule has 3 aromatic rings. The Kier molecular flexibility index (Phi) is 2.75. The van der Waals surface area contributed by atoms with E-state index in [2.05, 4.69) is 0 Å². The molecule has 0 unspecified atom stereocenters. The van der Waals surface area contributed by atoms with Crippen molar-refractivity contribution in [3.05, 3.63) is 46.1 Å². The predicted molar refractivity (Wildman–Crippen MR) is 87.2 cm³/mol. The molecule has 23 heavy (non-hydrogen) atoms. The van der Waals surface area contributed by atoms with E-state index in [1.165, 1.54) is 13.0 Å². The number of nitrogens with zero attached hydrogens (tertiary/aromatic N) is 1. The molecule has 0 aliphatic carbocycles. The maximum atomic E-state index is 12.8. The third kappa shape index (κ3) is 1.79. The van der Waals surface area contributed by atoms with Gasteiger partial charge in [0.25, 0.3) is 0 Å². The zero-order chi connectivity index (χ0) is 16.3. The summed E-state index contributed by atoms with van der Waals surface area (Å²) >= 11 is 0. The van der Waals surface area contributed by atoms with Crippen LogP contribution in [0.15, 0.2) is 35.1 Å². The number of carbonyl (C=O) groups excluding carboxylic acids is 1. The molecule has 0 saturated carbocycles. The van der Waals surface area contributed by atoms with Gasteiger partial charge in [0, 0.05) is 30.5 Å². The first kappa shape index (κ1) is 13.8. The van der Waals surface area contributed by atoms with Crippen LogP contribution in [-0.4, -0.2) is 21.6 Å². The normalized spacial score (nSPS) is 16.5. The minimum Gasteiger partial charge on any atom is -0.507 e. The van der Waals surface area contributed by atoms with Crippen LogP contribution in [0.5, 0.6) is 11.5 Å². The van der Waals surface area contributed by atoms with Crippen LogP contribution >= 0.6 is 0 Å². The van der Waals surface area contributed by atoms with Crippen LogP contribution in [0.4, 0.5) is 0 Å². The van der Waals surface area contributed by atoms with Crippen LogP contribution in [0.1, 0.15) is 12.5 Å². The zero-order valence-electron chi connectivity index (χ0n) is 12.8. The number of aromatic nitrogens is 1. The molecule has 1 aliphatic rings. The van der Waals surface area contributed by atoms with E-state index < -0.39 is 6.10 Å². The molecule has 2 aromatic carbocycles. The molecule has 5 heteroatoms. The lowest BCUT2D eigenvalue weighted by Gasteiger charge is -2.14. The molecule has 0 amide bonds. The molecule has 0 fully saturated rings. The molecule has 0 radical (unpaired) electrons. The maximum absolute atomic E-state index is 12.8. The fourth-order valence-corrected chi connectivity index (χ4v) is 3.39.